The van der Waals surface area contributed by atoms with Crippen LogP contribution in [0.3, 0.4) is 0 Å². The minimum Gasteiger partial charge on any atom is -0.367 e. The SMILES string of the molecule is CCN1CCOC(C(=O)c2ccn(C)n2)C1. The van der Waals surface area contributed by atoms with Crippen LogP contribution in [0.2, 0.25) is 0 Å². The third-order valence-electron chi connectivity index (χ3n) is 2.86. The molecule has 1 atom stereocenters. The van der Waals surface area contributed by atoms with Crippen molar-refractivity contribution < 1.29 is 9.53 Å². The van der Waals surface area contributed by atoms with Gasteiger partial charge in [-0.05, 0) is 12.6 Å². The Kier molecular flexibility index (Phi) is 3.36. The predicted molar refractivity (Wildman–Crippen MR) is 59.4 cm³/mol. The van der Waals surface area contributed by atoms with Crippen LogP contribution in [-0.4, -0.2) is 52.8 Å². The van der Waals surface area contributed by atoms with E-state index < -0.39 is 0 Å². The molecule has 0 spiro atoms. The van der Waals surface area contributed by atoms with Gasteiger partial charge in [0.2, 0.25) is 5.78 Å². The fraction of sp³-hybridized carbons (Fsp3) is 0.636. The lowest BCUT2D eigenvalue weighted by atomic mass is 10.1. The van der Waals surface area contributed by atoms with Gasteiger partial charge in [-0.25, -0.2) is 0 Å². The second-order valence-corrected chi connectivity index (χ2v) is 3.99. The molecule has 5 nitrogen and oxygen atoms in total. The molecule has 0 aromatic carbocycles. The molecule has 0 radical (unpaired) electrons. The van der Waals surface area contributed by atoms with E-state index in [-0.39, 0.29) is 11.9 Å². The third kappa shape index (κ3) is 2.31. The number of ketones is 1. The molecule has 1 aromatic heterocycles. The number of hydrogen-bond donors (Lipinski definition) is 0. The van der Waals surface area contributed by atoms with Crippen LogP contribution < -0.4 is 0 Å². The zero-order chi connectivity index (χ0) is 11.5. The van der Waals surface area contributed by atoms with E-state index in [1.54, 1.807) is 24.0 Å². The molecule has 1 saturated heterocycles. The molecule has 1 aliphatic heterocycles. The summed E-state index contributed by atoms with van der Waals surface area (Å²) in [5.41, 5.74) is 0.491. The van der Waals surface area contributed by atoms with Gasteiger partial charge in [0.15, 0.2) is 0 Å². The quantitative estimate of drug-likeness (QED) is 0.693. The molecule has 1 aromatic rings. The fourth-order valence-corrected chi connectivity index (χ4v) is 1.86. The van der Waals surface area contributed by atoms with E-state index in [0.717, 1.165) is 13.1 Å². The molecule has 2 heterocycles. The van der Waals surface area contributed by atoms with Crippen molar-refractivity contribution in [1.82, 2.24) is 14.7 Å². The molecule has 2 rings (SSSR count). The Morgan fingerprint density at radius 2 is 2.50 bits per heavy atom. The number of aromatic nitrogens is 2. The van der Waals surface area contributed by atoms with Gasteiger partial charge in [-0.1, -0.05) is 6.92 Å². The van der Waals surface area contributed by atoms with E-state index in [2.05, 4.69) is 16.9 Å². The van der Waals surface area contributed by atoms with Gasteiger partial charge < -0.3 is 4.74 Å². The summed E-state index contributed by atoms with van der Waals surface area (Å²) < 4.78 is 7.13. The Hall–Kier alpha value is -1.20. The topological polar surface area (TPSA) is 47.4 Å². The van der Waals surface area contributed by atoms with Gasteiger partial charge in [0.05, 0.1) is 6.61 Å². The van der Waals surface area contributed by atoms with E-state index in [9.17, 15) is 4.79 Å². The van der Waals surface area contributed by atoms with Crippen LogP contribution in [0.1, 0.15) is 17.4 Å². The second-order valence-electron chi connectivity index (χ2n) is 3.99. The molecule has 1 aliphatic rings. The van der Waals surface area contributed by atoms with Crippen LogP contribution in [0, 0.1) is 0 Å². The molecule has 88 valence electrons. The van der Waals surface area contributed by atoms with Crippen molar-refractivity contribution in [2.75, 3.05) is 26.2 Å². The van der Waals surface area contributed by atoms with Crippen molar-refractivity contribution in [2.45, 2.75) is 13.0 Å². The highest BCUT2D eigenvalue weighted by atomic mass is 16.5. The average Bonchev–Trinajstić information content (AvgIpc) is 2.75. The summed E-state index contributed by atoms with van der Waals surface area (Å²) in [5.74, 6) is -0.0150. The first kappa shape index (κ1) is 11.3. The summed E-state index contributed by atoms with van der Waals surface area (Å²) >= 11 is 0. The van der Waals surface area contributed by atoms with Gasteiger partial charge in [-0.3, -0.25) is 14.4 Å². The molecule has 16 heavy (non-hydrogen) atoms. The lowest BCUT2D eigenvalue weighted by molar-refractivity contribution is -0.0151. The van der Waals surface area contributed by atoms with Crippen molar-refractivity contribution in [2.24, 2.45) is 7.05 Å². The minimum atomic E-state index is -0.358. The van der Waals surface area contributed by atoms with E-state index in [0.29, 0.717) is 18.8 Å². The smallest absolute Gasteiger partial charge is 0.213 e. The number of Topliss-reactive ketones (excluding diaryl/α,β-unsaturated/α-hetero) is 1. The molecule has 5 heteroatoms. The highest BCUT2D eigenvalue weighted by molar-refractivity contribution is 5.97. The lowest BCUT2D eigenvalue weighted by Crippen LogP contribution is -2.45. The Balaban J connectivity index is 2.04. The predicted octanol–water partition coefficient (Wildman–Crippen LogP) is 0.323. The summed E-state index contributed by atoms with van der Waals surface area (Å²) in [6.45, 7) is 5.24. The first-order chi connectivity index (χ1) is 7.70. The van der Waals surface area contributed by atoms with E-state index in [1.165, 1.54) is 0 Å². The van der Waals surface area contributed by atoms with Crippen LogP contribution in [0.15, 0.2) is 12.3 Å². The molecule has 0 amide bonds. The Bertz CT molecular complexity index is 375. The lowest BCUT2D eigenvalue weighted by Gasteiger charge is -2.30. The first-order valence-electron chi connectivity index (χ1n) is 5.58. The highest BCUT2D eigenvalue weighted by Gasteiger charge is 2.27. The Morgan fingerprint density at radius 3 is 3.12 bits per heavy atom. The Morgan fingerprint density at radius 1 is 1.69 bits per heavy atom. The van der Waals surface area contributed by atoms with E-state index in [4.69, 9.17) is 4.74 Å². The van der Waals surface area contributed by atoms with Gasteiger partial charge in [0, 0.05) is 26.3 Å². The minimum absolute atomic E-state index is 0.0150. The summed E-state index contributed by atoms with van der Waals surface area (Å²) in [4.78, 5) is 14.3. The van der Waals surface area contributed by atoms with Crippen LogP contribution in [-0.2, 0) is 11.8 Å². The van der Waals surface area contributed by atoms with Gasteiger partial charge in [-0.2, -0.15) is 5.10 Å². The summed E-state index contributed by atoms with van der Waals surface area (Å²) in [5, 5.41) is 4.11. The number of ether oxygens (including phenoxy) is 1. The molecule has 0 saturated carbocycles. The van der Waals surface area contributed by atoms with Gasteiger partial charge >= 0.3 is 0 Å². The van der Waals surface area contributed by atoms with Crippen molar-refractivity contribution in [3.8, 4) is 0 Å². The monoisotopic (exact) mass is 223 g/mol. The van der Waals surface area contributed by atoms with E-state index in [1.807, 2.05) is 0 Å². The highest BCUT2D eigenvalue weighted by Crippen LogP contribution is 2.10. The van der Waals surface area contributed by atoms with Crippen LogP contribution in [0.5, 0.6) is 0 Å². The molecular formula is C11H17N3O2. The van der Waals surface area contributed by atoms with Crippen molar-refractivity contribution in [3.05, 3.63) is 18.0 Å². The van der Waals surface area contributed by atoms with Crippen molar-refractivity contribution >= 4 is 5.78 Å². The normalized spacial score (nSPS) is 22.2. The van der Waals surface area contributed by atoms with Crippen LogP contribution in [0.25, 0.3) is 0 Å². The van der Waals surface area contributed by atoms with Crippen molar-refractivity contribution in [3.63, 3.8) is 0 Å². The fourth-order valence-electron chi connectivity index (χ4n) is 1.86. The zero-order valence-corrected chi connectivity index (χ0v) is 9.72. The first-order valence-corrected chi connectivity index (χ1v) is 5.58. The zero-order valence-electron chi connectivity index (χ0n) is 9.72. The molecule has 0 bridgehead atoms. The van der Waals surface area contributed by atoms with Gasteiger partial charge in [-0.15, -0.1) is 0 Å². The maximum atomic E-state index is 12.0. The number of likely N-dealkylation sites (N-methyl/N-ethyl adjacent to an activating group) is 1. The summed E-state index contributed by atoms with van der Waals surface area (Å²) in [6, 6.07) is 1.73. The van der Waals surface area contributed by atoms with Gasteiger partial charge in [0.1, 0.15) is 11.8 Å². The maximum absolute atomic E-state index is 12.0. The second kappa shape index (κ2) is 4.76. The van der Waals surface area contributed by atoms with Gasteiger partial charge in [0.25, 0.3) is 0 Å². The number of carbonyl (C=O) groups excluding carboxylic acids is 1. The number of nitrogens with zero attached hydrogens (tertiary/aromatic N) is 3. The van der Waals surface area contributed by atoms with Crippen molar-refractivity contribution in [1.29, 1.82) is 0 Å². The third-order valence-corrected chi connectivity index (χ3v) is 2.86. The number of hydrogen-bond acceptors (Lipinski definition) is 4. The van der Waals surface area contributed by atoms with Crippen LogP contribution in [0.4, 0.5) is 0 Å². The Labute approximate surface area is 95.0 Å². The number of aryl methyl sites for hydroxylation is 1. The molecule has 1 unspecified atom stereocenters. The largest absolute Gasteiger partial charge is 0.367 e. The summed E-state index contributed by atoms with van der Waals surface area (Å²) in [7, 11) is 1.80. The molecular weight excluding hydrogens is 206 g/mol. The number of rotatable bonds is 3. The standard InChI is InChI=1S/C11H17N3O2/c1-3-14-6-7-16-10(8-14)11(15)9-4-5-13(2)12-9/h4-5,10H,3,6-8H2,1-2H3. The summed E-state index contributed by atoms with van der Waals surface area (Å²) in [6.07, 6.45) is 1.41. The molecule has 0 N–H and O–H groups in total. The number of morpholine rings is 1. The maximum Gasteiger partial charge on any atom is 0.213 e. The number of carbonyl (C=O) groups is 1. The molecule has 0 aliphatic carbocycles. The van der Waals surface area contributed by atoms with E-state index >= 15 is 0 Å². The average molecular weight is 223 g/mol. The van der Waals surface area contributed by atoms with Crippen LogP contribution >= 0.6 is 0 Å². The molecule has 1 fully saturated rings.